The van der Waals surface area contributed by atoms with E-state index in [-0.39, 0.29) is 11.1 Å². The Hall–Kier alpha value is -2.54. The number of carbonyl (C=O) groups is 1. The second-order valence-corrected chi connectivity index (χ2v) is 8.01. The molecule has 27 heavy (non-hydrogen) atoms. The van der Waals surface area contributed by atoms with Crippen molar-refractivity contribution in [1.82, 2.24) is 9.38 Å². The van der Waals surface area contributed by atoms with E-state index in [1.165, 1.54) is 11.3 Å². The van der Waals surface area contributed by atoms with Crippen molar-refractivity contribution in [3.8, 4) is 22.8 Å². The van der Waals surface area contributed by atoms with E-state index in [9.17, 15) is 9.90 Å². The molecule has 1 aromatic carbocycles. The second-order valence-electron chi connectivity index (χ2n) is 7.17. The zero-order valence-corrected chi connectivity index (χ0v) is 17.0. The van der Waals surface area contributed by atoms with Crippen molar-refractivity contribution in [2.75, 3.05) is 13.2 Å². The predicted molar refractivity (Wildman–Crippen MR) is 107 cm³/mol. The van der Waals surface area contributed by atoms with Crippen LogP contribution in [-0.4, -0.2) is 33.7 Å². The van der Waals surface area contributed by atoms with Crippen LogP contribution in [0.4, 0.5) is 0 Å². The molecule has 7 heteroatoms. The van der Waals surface area contributed by atoms with E-state index in [4.69, 9.17) is 9.47 Å². The molecule has 0 saturated carbocycles. The molecule has 3 aromatic rings. The number of carboxylic acids is 1. The molecule has 2 heterocycles. The van der Waals surface area contributed by atoms with Gasteiger partial charge in [-0.2, -0.15) is 0 Å². The van der Waals surface area contributed by atoms with Crippen LogP contribution in [0.3, 0.4) is 0 Å². The van der Waals surface area contributed by atoms with E-state index in [2.05, 4.69) is 31.8 Å². The molecule has 0 spiro atoms. The number of benzene rings is 1. The number of hydrogen-bond donors (Lipinski definition) is 1. The smallest absolute Gasteiger partial charge is 0.356 e. The third-order valence-electron chi connectivity index (χ3n) is 4.21. The summed E-state index contributed by atoms with van der Waals surface area (Å²) >= 11 is 1.40. The van der Waals surface area contributed by atoms with Crippen molar-refractivity contribution in [3.63, 3.8) is 0 Å². The Morgan fingerprint density at radius 2 is 1.93 bits per heavy atom. The second kappa shape index (κ2) is 7.23. The molecule has 144 valence electrons. The highest BCUT2D eigenvalue weighted by atomic mass is 32.1. The molecule has 3 rings (SSSR count). The summed E-state index contributed by atoms with van der Waals surface area (Å²) in [5.41, 5.74) is 2.76. The molecule has 0 radical (unpaired) electrons. The number of fused-ring (bicyclic) bond motifs is 1. The van der Waals surface area contributed by atoms with E-state index in [1.54, 1.807) is 10.6 Å². The number of rotatable bonds is 6. The van der Waals surface area contributed by atoms with Gasteiger partial charge >= 0.3 is 5.97 Å². The van der Waals surface area contributed by atoms with Crippen molar-refractivity contribution < 1.29 is 19.4 Å². The molecule has 0 unspecified atom stereocenters. The van der Waals surface area contributed by atoms with Crippen LogP contribution in [0, 0.1) is 0 Å². The maximum atomic E-state index is 11.3. The maximum absolute atomic E-state index is 11.3. The Morgan fingerprint density at radius 1 is 1.22 bits per heavy atom. The van der Waals surface area contributed by atoms with Gasteiger partial charge in [0.15, 0.2) is 22.2 Å². The number of carboxylic acid groups (broad SMARTS) is 1. The van der Waals surface area contributed by atoms with Crippen LogP contribution in [-0.2, 0) is 5.41 Å². The lowest BCUT2D eigenvalue weighted by molar-refractivity contribution is 0.0691. The standard InChI is InChI=1S/C20H24N2O4S/c1-6-25-16-9-12(20(3,4)5)8-13(17(16)26-7-2)15-11-27-19-21-14(18(23)24)10-22(15)19/h8-11H,6-7H2,1-5H3,(H,23,24). The Balaban J connectivity index is 2.29. The average Bonchev–Trinajstić information content (AvgIpc) is 3.16. The third kappa shape index (κ3) is 3.64. The van der Waals surface area contributed by atoms with E-state index >= 15 is 0 Å². The number of aromatic carboxylic acids is 1. The molecule has 0 bridgehead atoms. The first kappa shape index (κ1) is 19.2. The summed E-state index contributed by atoms with van der Waals surface area (Å²) in [5, 5.41) is 11.2. The average molecular weight is 388 g/mol. The Kier molecular flexibility index (Phi) is 5.15. The molecule has 6 nitrogen and oxygen atoms in total. The minimum absolute atomic E-state index is 0.0260. The van der Waals surface area contributed by atoms with Crippen molar-refractivity contribution in [2.24, 2.45) is 0 Å². The van der Waals surface area contributed by atoms with Gasteiger partial charge in [0, 0.05) is 17.1 Å². The van der Waals surface area contributed by atoms with E-state index < -0.39 is 5.97 Å². The van der Waals surface area contributed by atoms with Crippen LogP contribution in [0.2, 0.25) is 0 Å². The topological polar surface area (TPSA) is 73.1 Å². The summed E-state index contributed by atoms with van der Waals surface area (Å²) in [7, 11) is 0. The monoisotopic (exact) mass is 388 g/mol. The van der Waals surface area contributed by atoms with E-state index in [0.717, 1.165) is 16.8 Å². The molecule has 0 aliphatic rings. The minimum Gasteiger partial charge on any atom is -0.490 e. The molecule has 0 amide bonds. The summed E-state index contributed by atoms with van der Waals surface area (Å²) in [6.45, 7) is 11.3. The number of nitrogens with zero attached hydrogens (tertiary/aromatic N) is 2. The highest BCUT2D eigenvalue weighted by Crippen LogP contribution is 2.43. The van der Waals surface area contributed by atoms with E-state index in [0.29, 0.717) is 29.7 Å². The first-order valence-corrected chi connectivity index (χ1v) is 9.78. The van der Waals surface area contributed by atoms with E-state index in [1.807, 2.05) is 25.3 Å². The van der Waals surface area contributed by atoms with Gasteiger partial charge in [-0.1, -0.05) is 20.8 Å². The van der Waals surface area contributed by atoms with Gasteiger partial charge in [0.2, 0.25) is 0 Å². The molecule has 0 aliphatic carbocycles. The van der Waals surface area contributed by atoms with Gasteiger partial charge in [0.25, 0.3) is 0 Å². The van der Waals surface area contributed by atoms with Gasteiger partial charge in [-0.25, -0.2) is 9.78 Å². The van der Waals surface area contributed by atoms with Gasteiger partial charge in [-0.15, -0.1) is 11.3 Å². The normalized spacial score (nSPS) is 11.7. The highest BCUT2D eigenvalue weighted by Gasteiger charge is 2.24. The number of aromatic nitrogens is 2. The SMILES string of the molecule is CCOc1cc(C(C)(C)C)cc(-c2csc3nc(C(=O)O)cn23)c1OCC. The number of thiazole rings is 1. The first-order chi connectivity index (χ1) is 12.8. The zero-order chi connectivity index (χ0) is 19.8. The van der Waals surface area contributed by atoms with Gasteiger partial charge in [-0.3, -0.25) is 4.40 Å². The predicted octanol–water partition coefficient (Wildman–Crippen LogP) is 4.86. The maximum Gasteiger partial charge on any atom is 0.356 e. The number of imidazole rings is 1. The summed E-state index contributed by atoms with van der Waals surface area (Å²) in [6, 6.07) is 4.12. The minimum atomic E-state index is -1.04. The van der Waals surface area contributed by atoms with Gasteiger partial charge < -0.3 is 14.6 Å². The van der Waals surface area contributed by atoms with Crippen molar-refractivity contribution in [1.29, 1.82) is 0 Å². The fraction of sp³-hybridized carbons (Fsp3) is 0.400. The molecule has 0 fully saturated rings. The fourth-order valence-electron chi connectivity index (χ4n) is 2.86. The van der Waals surface area contributed by atoms with Crippen molar-refractivity contribution >= 4 is 22.3 Å². The highest BCUT2D eigenvalue weighted by molar-refractivity contribution is 7.15. The molecule has 0 saturated heterocycles. The first-order valence-electron chi connectivity index (χ1n) is 8.90. The Labute approximate surface area is 162 Å². The molecule has 0 atom stereocenters. The summed E-state index contributed by atoms with van der Waals surface area (Å²) in [5.74, 6) is 0.317. The van der Waals surface area contributed by atoms with Crippen LogP contribution in [0.15, 0.2) is 23.7 Å². The lowest BCUT2D eigenvalue weighted by Gasteiger charge is -2.23. The molecular weight excluding hydrogens is 364 g/mol. The zero-order valence-electron chi connectivity index (χ0n) is 16.2. The lowest BCUT2D eigenvalue weighted by atomic mass is 9.85. The summed E-state index contributed by atoms with van der Waals surface area (Å²) in [6.07, 6.45) is 1.54. The number of ether oxygens (including phenoxy) is 2. The van der Waals surface area contributed by atoms with Gasteiger partial charge in [0.05, 0.1) is 18.9 Å². The molecule has 2 aromatic heterocycles. The molecule has 0 aliphatic heterocycles. The van der Waals surface area contributed by atoms with Crippen LogP contribution in [0.1, 0.15) is 50.7 Å². The van der Waals surface area contributed by atoms with Gasteiger partial charge in [-0.05, 0) is 37.0 Å². The molecular formula is C20H24N2O4S. The van der Waals surface area contributed by atoms with Crippen molar-refractivity contribution in [3.05, 3.63) is 35.0 Å². The Morgan fingerprint density at radius 3 is 2.52 bits per heavy atom. The molecule has 1 N–H and O–H groups in total. The van der Waals surface area contributed by atoms with Gasteiger partial charge in [0.1, 0.15) is 0 Å². The number of hydrogen-bond acceptors (Lipinski definition) is 5. The Bertz CT molecular complexity index is 982. The summed E-state index contributed by atoms with van der Waals surface area (Å²) < 4.78 is 13.6. The third-order valence-corrected chi connectivity index (χ3v) is 5.05. The van der Waals surface area contributed by atoms with Crippen LogP contribution < -0.4 is 9.47 Å². The summed E-state index contributed by atoms with van der Waals surface area (Å²) in [4.78, 5) is 16.1. The van der Waals surface area contributed by atoms with Crippen LogP contribution in [0.5, 0.6) is 11.5 Å². The van der Waals surface area contributed by atoms with Crippen molar-refractivity contribution in [2.45, 2.75) is 40.0 Å². The lowest BCUT2D eigenvalue weighted by Crippen LogP contribution is -2.12. The van der Waals surface area contributed by atoms with Crippen LogP contribution >= 0.6 is 11.3 Å². The largest absolute Gasteiger partial charge is 0.490 e. The quantitative estimate of drug-likeness (QED) is 0.653. The fourth-order valence-corrected chi connectivity index (χ4v) is 3.74. The van der Waals surface area contributed by atoms with Crippen LogP contribution in [0.25, 0.3) is 16.2 Å².